The summed E-state index contributed by atoms with van der Waals surface area (Å²) in [6.45, 7) is 4.86. The maximum Gasteiger partial charge on any atom is 0.446 e. The van der Waals surface area contributed by atoms with E-state index < -0.39 is 5.51 Å². The summed E-state index contributed by atoms with van der Waals surface area (Å²) < 4.78 is 36.8. The van der Waals surface area contributed by atoms with Crippen molar-refractivity contribution in [3.8, 4) is 0 Å². The highest BCUT2D eigenvalue weighted by atomic mass is 32.2. The highest BCUT2D eigenvalue weighted by molar-refractivity contribution is 8.00. The van der Waals surface area contributed by atoms with E-state index in [1.165, 1.54) is 0 Å². The van der Waals surface area contributed by atoms with Crippen LogP contribution in [0.4, 0.5) is 13.2 Å². The average molecular weight is 318 g/mol. The largest absolute Gasteiger partial charge is 0.446 e. The SMILES string of the molecule is CC(N)C1CCN(Cc2ccc(SC(F)(F)F)cc2)CC1. The van der Waals surface area contributed by atoms with Crippen LogP contribution in [-0.2, 0) is 6.54 Å². The number of benzene rings is 1. The van der Waals surface area contributed by atoms with Crippen LogP contribution in [0.5, 0.6) is 0 Å². The molecule has 1 saturated heterocycles. The number of alkyl halides is 3. The number of halogens is 3. The number of nitrogens with zero attached hydrogens (tertiary/aromatic N) is 1. The van der Waals surface area contributed by atoms with Gasteiger partial charge >= 0.3 is 5.51 Å². The van der Waals surface area contributed by atoms with Crippen molar-refractivity contribution in [1.29, 1.82) is 0 Å². The van der Waals surface area contributed by atoms with Gasteiger partial charge in [0.05, 0.1) is 0 Å². The van der Waals surface area contributed by atoms with Crippen molar-refractivity contribution in [2.75, 3.05) is 13.1 Å². The molecule has 0 amide bonds. The minimum atomic E-state index is -4.22. The number of piperidine rings is 1. The first kappa shape index (κ1) is 16.6. The van der Waals surface area contributed by atoms with Crippen molar-refractivity contribution in [3.63, 3.8) is 0 Å². The van der Waals surface area contributed by atoms with Crippen LogP contribution in [0, 0.1) is 5.92 Å². The van der Waals surface area contributed by atoms with Gasteiger partial charge in [0.15, 0.2) is 0 Å². The molecule has 0 aliphatic carbocycles. The molecular weight excluding hydrogens is 297 g/mol. The fourth-order valence-corrected chi connectivity index (χ4v) is 3.23. The molecule has 0 bridgehead atoms. The topological polar surface area (TPSA) is 29.3 Å². The third-order valence-corrected chi connectivity index (χ3v) is 4.68. The standard InChI is InChI=1S/C15H21F3N2S/c1-11(19)13-6-8-20(9-7-13)10-12-2-4-14(5-3-12)21-15(16,17)18/h2-5,11,13H,6-10,19H2,1H3. The van der Waals surface area contributed by atoms with Crippen LogP contribution < -0.4 is 5.73 Å². The smallest absolute Gasteiger partial charge is 0.328 e. The number of nitrogens with two attached hydrogens (primary N) is 1. The second-order valence-electron chi connectivity index (χ2n) is 5.66. The van der Waals surface area contributed by atoms with Crippen LogP contribution in [0.3, 0.4) is 0 Å². The molecule has 2 rings (SSSR count). The summed E-state index contributed by atoms with van der Waals surface area (Å²) in [7, 11) is 0. The lowest BCUT2D eigenvalue weighted by atomic mass is 9.91. The van der Waals surface area contributed by atoms with Gasteiger partial charge in [-0.3, -0.25) is 4.90 Å². The molecule has 0 radical (unpaired) electrons. The summed E-state index contributed by atoms with van der Waals surface area (Å²) >= 11 is -0.0685. The number of likely N-dealkylation sites (tertiary alicyclic amines) is 1. The van der Waals surface area contributed by atoms with Gasteiger partial charge in [0.1, 0.15) is 0 Å². The molecule has 1 aromatic carbocycles. The van der Waals surface area contributed by atoms with Crippen LogP contribution in [0.2, 0.25) is 0 Å². The molecule has 0 spiro atoms. The first-order valence-corrected chi connectivity index (χ1v) is 7.98. The molecule has 1 aliphatic heterocycles. The first-order valence-electron chi connectivity index (χ1n) is 7.16. The monoisotopic (exact) mass is 318 g/mol. The fourth-order valence-electron chi connectivity index (χ4n) is 2.69. The summed E-state index contributed by atoms with van der Waals surface area (Å²) in [6, 6.07) is 6.90. The Morgan fingerprint density at radius 3 is 2.29 bits per heavy atom. The van der Waals surface area contributed by atoms with E-state index in [0.717, 1.165) is 38.0 Å². The molecular formula is C15H21F3N2S. The van der Waals surface area contributed by atoms with E-state index >= 15 is 0 Å². The minimum Gasteiger partial charge on any atom is -0.328 e. The summed E-state index contributed by atoms with van der Waals surface area (Å²) in [6.07, 6.45) is 2.19. The summed E-state index contributed by atoms with van der Waals surface area (Å²) in [4.78, 5) is 2.58. The Kier molecular flexibility index (Phi) is 5.57. The second-order valence-corrected chi connectivity index (χ2v) is 6.80. The molecule has 0 aromatic heterocycles. The Labute approximate surface area is 127 Å². The predicted octanol–water partition coefficient (Wildman–Crippen LogP) is 3.86. The minimum absolute atomic E-state index is 0.0685. The number of hydrogen-bond donors (Lipinski definition) is 1. The van der Waals surface area contributed by atoms with Crippen molar-refractivity contribution in [2.24, 2.45) is 11.7 Å². The van der Waals surface area contributed by atoms with Crippen LogP contribution in [-0.4, -0.2) is 29.5 Å². The first-order chi connectivity index (χ1) is 9.83. The van der Waals surface area contributed by atoms with Crippen LogP contribution in [0.15, 0.2) is 29.2 Å². The van der Waals surface area contributed by atoms with Crippen molar-refractivity contribution in [2.45, 2.75) is 42.8 Å². The second kappa shape index (κ2) is 7.03. The van der Waals surface area contributed by atoms with E-state index in [1.54, 1.807) is 24.3 Å². The van der Waals surface area contributed by atoms with Gasteiger partial charge in [-0.2, -0.15) is 13.2 Å². The zero-order chi connectivity index (χ0) is 15.5. The lowest BCUT2D eigenvalue weighted by Gasteiger charge is -2.33. The van der Waals surface area contributed by atoms with E-state index in [4.69, 9.17) is 5.73 Å². The number of thioether (sulfide) groups is 1. The summed E-state index contributed by atoms with van der Waals surface area (Å²) in [5.41, 5.74) is 2.76. The molecule has 2 N–H and O–H groups in total. The van der Waals surface area contributed by atoms with Gasteiger partial charge in [-0.25, -0.2) is 0 Å². The Balaban J connectivity index is 1.84. The van der Waals surface area contributed by atoms with Gasteiger partial charge in [0.2, 0.25) is 0 Å². The van der Waals surface area contributed by atoms with Gasteiger partial charge in [-0.1, -0.05) is 12.1 Å². The van der Waals surface area contributed by atoms with Gasteiger partial charge < -0.3 is 5.73 Å². The fraction of sp³-hybridized carbons (Fsp3) is 0.600. The lowest BCUT2D eigenvalue weighted by molar-refractivity contribution is -0.0328. The normalized spacial score (nSPS) is 19.7. The number of hydrogen-bond acceptors (Lipinski definition) is 3. The van der Waals surface area contributed by atoms with E-state index in [9.17, 15) is 13.2 Å². The quantitative estimate of drug-likeness (QED) is 0.855. The predicted molar refractivity (Wildman–Crippen MR) is 80.0 cm³/mol. The third kappa shape index (κ3) is 5.52. The zero-order valence-corrected chi connectivity index (χ0v) is 12.9. The highest BCUT2D eigenvalue weighted by Gasteiger charge is 2.29. The summed E-state index contributed by atoms with van der Waals surface area (Å²) in [5.74, 6) is 0.590. The average Bonchev–Trinajstić information content (AvgIpc) is 2.40. The molecule has 1 heterocycles. The van der Waals surface area contributed by atoms with Crippen molar-refractivity contribution >= 4 is 11.8 Å². The van der Waals surface area contributed by atoms with Crippen LogP contribution >= 0.6 is 11.8 Å². The van der Waals surface area contributed by atoms with Gasteiger partial charge in [-0.15, -0.1) is 0 Å². The molecule has 6 heteroatoms. The molecule has 2 nitrogen and oxygen atoms in total. The van der Waals surface area contributed by atoms with E-state index in [1.807, 2.05) is 0 Å². The molecule has 1 atom stereocenters. The summed E-state index contributed by atoms with van der Waals surface area (Å²) in [5, 5.41) is 0. The van der Waals surface area contributed by atoms with E-state index in [0.29, 0.717) is 5.92 Å². The zero-order valence-electron chi connectivity index (χ0n) is 12.1. The van der Waals surface area contributed by atoms with Crippen LogP contribution in [0.1, 0.15) is 25.3 Å². The van der Waals surface area contributed by atoms with E-state index in [2.05, 4.69) is 11.8 Å². The van der Waals surface area contributed by atoms with Crippen molar-refractivity contribution in [1.82, 2.24) is 4.90 Å². The molecule has 1 fully saturated rings. The maximum atomic E-state index is 12.3. The van der Waals surface area contributed by atoms with Crippen molar-refractivity contribution in [3.05, 3.63) is 29.8 Å². The molecule has 118 valence electrons. The lowest BCUT2D eigenvalue weighted by Crippen LogP contribution is -2.39. The van der Waals surface area contributed by atoms with Gasteiger partial charge in [-0.05, 0) is 68.2 Å². The molecule has 1 aromatic rings. The highest BCUT2D eigenvalue weighted by Crippen LogP contribution is 2.36. The molecule has 21 heavy (non-hydrogen) atoms. The Morgan fingerprint density at radius 1 is 1.24 bits per heavy atom. The van der Waals surface area contributed by atoms with Gasteiger partial charge in [0, 0.05) is 17.5 Å². The third-order valence-electron chi connectivity index (χ3n) is 3.94. The molecule has 1 unspecified atom stereocenters. The Morgan fingerprint density at radius 2 is 1.81 bits per heavy atom. The maximum absolute atomic E-state index is 12.3. The molecule has 0 saturated carbocycles. The number of rotatable bonds is 4. The van der Waals surface area contributed by atoms with Crippen LogP contribution in [0.25, 0.3) is 0 Å². The Hall–Kier alpha value is -0.720. The van der Waals surface area contributed by atoms with Gasteiger partial charge in [0.25, 0.3) is 0 Å². The molecule has 1 aliphatic rings. The van der Waals surface area contributed by atoms with Crippen molar-refractivity contribution < 1.29 is 13.2 Å². The van der Waals surface area contributed by atoms with E-state index in [-0.39, 0.29) is 22.7 Å². The Bertz CT molecular complexity index is 437.